The predicted octanol–water partition coefficient (Wildman–Crippen LogP) is 1.77. The van der Waals surface area contributed by atoms with E-state index in [-0.39, 0.29) is 47.4 Å². The Balaban J connectivity index is 1.55. The standard InChI is InChI=1S/C29H36FN3O7/c1-33(2)22-17-9-14-8-16-18(30)10-15(12-32-11-13-6-4-3-5-7-13)23(34)20(16)24(35)19(14)26(37)29(17,40)27(38)21(25(22)36)28(31)39/h10,13-14,17,22,32,34-35,38,40H,3-9,11-12H2,1-2H3,(H2,31,39)/t14-,17-,22-,29-/m0/s1. The van der Waals surface area contributed by atoms with Crippen molar-refractivity contribution in [1.29, 1.82) is 0 Å². The van der Waals surface area contributed by atoms with Crippen molar-refractivity contribution in [2.45, 2.75) is 63.1 Å². The monoisotopic (exact) mass is 557 g/mol. The third-order valence-electron chi connectivity index (χ3n) is 9.22. The number of amides is 1. The largest absolute Gasteiger partial charge is 0.508 e. The molecule has 0 saturated heterocycles. The van der Waals surface area contributed by atoms with E-state index in [9.17, 15) is 34.8 Å². The second kappa shape index (κ2) is 10.3. The summed E-state index contributed by atoms with van der Waals surface area (Å²) in [5, 5.41) is 48.3. The van der Waals surface area contributed by atoms with Crippen molar-refractivity contribution < 1.29 is 39.2 Å². The van der Waals surface area contributed by atoms with Gasteiger partial charge in [0.05, 0.1) is 11.6 Å². The number of phenolic OH excluding ortho intramolecular Hbond substituents is 1. The molecular weight excluding hydrogens is 521 g/mol. The van der Waals surface area contributed by atoms with Gasteiger partial charge in [0, 0.05) is 29.2 Å². The van der Waals surface area contributed by atoms with E-state index in [0.29, 0.717) is 12.5 Å². The molecule has 40 heavy (non-hydrogen) atoms. The molecule has 4 aliphatic rings. The Morgan fingerprint density at radius 3 is 2.48 bits per heavy atom. The molecule has 2 fully saturated rings. The van der Waals surface area contributed by atoms with Gasteiger partial charge in [-0.3, -0.25) is 19.3 Å². The number of nitrogens with one attached hydrogen (secondary N) is 1. The lowest BCUT2D eigenvalue weighted by Crippen LogP contribution is -2.65. The van der Waals surface area contributed by atoms with E-state index in [1.807, 2.05) is 0 Å². The highest BCUT2D eigenvalue weighted by atomic mass is 19.1. The van der Waals surface area contributed by atoms with Crippen LogP contribution in [-0.4, -0.2) is 75.1 Å². The fourth-order valence-corrected chi connectivity index (χ4v) is 7.26. The van der Waals surface area contributed by atoms with Gasteiger partial charge in [-0.15, -0.1) is 0 Å². The van der Waals surface area contributed by atoms with Crippen LogP contribution in [0.25, 0.3) is 5.76 Å². The quantitative estimate of drug-likeness (QED) is 0.285. The van der Waals surface area contributed by atoms with Crippen molar-refractivity contribution >= 4 is 23.2 Å². The van der Waals surface area contributed by atoms with Crippen molar-refractivity contribution in [2.24, 2.45) is 23.5 Å². The van der Waals surface area contributed by atoms with E-state index in [4.69, 9.17) is 5.73 Å². The first-order valence-electron chi connectivity index (χ1n) is 13.8. The Bertz CT molecular complexity index is 1350. The molecule has 0 heterocycles. The minimum atomic E-state index is -2.72. The molecule has 2 saturated carbocycles. The molecule has 4 atom stereocenters. The van der Waals surface area contributed by atoms with Crippen LogP contribution in [0.3, 0.4) is 0 Å². The Labute approximate surface area is 231 Å². The number of Topliss-reactive ketones (excluding diaryl/α,β-unsaturated/α-hetero) is 2. The first-order valence-corrected chi connectivity index (χ1v) is 13.8. The molecule has 7 N–H and O–H groups in total. The molecule has 11 heteroatoms. The molecule has 0 unspecified atom stereocenters. The molecule has 1 aromatic rings. The molecule has 0 spiro atoms. The topological polar surface area (TPSA) is 173 Å². The van der Waals surface area contributed by atoms with Crippen LogP contribution in [0.1, 0.15) is 55.2 Å². The number of benzene rings is 1. The number of fused-ring (bicyclic) bond motifs is 3. The number of rotatable bonds is 6. The average Bonchev–Trinajstić information content (AvgIpc) is 2.89. The van der Waals surface area contributed by atoms with E-state index >= 15 is 4.39 Å². The first kappa shape index (κ1) is 28.3. The van der Waals surface area contributed by atoms with Gasteiger partial charge in [-0.25, -0.2) is 4.39 Å². The summed E-state index contributed by atoms with van der Waals surface area (Å²) >= 11 is 0. The van der Waals surface area contributed by atoms with E-state index in [2.05, 4.69) is 5.32 Å². The van der Waals surface area contributed by atoms with Crippen molar-refractivity contribution in [2.75, 3.05) is 20.6 Å². The van der Waals surface area contributed by atoms with E-state index in [1.54, 1.807) is 0 Å². The maximum absolute atomic E-state index is 15.4. The number of nitrogens with two attached hydrogens (primary N) is 1. The summed E-state index contributed by atoms with van der Waals surface area (Å²) in [5.74, 6) is -7.63. The summed E-state index contributed by atoms with van der Waals surface area (Å²) in [6, 6.07) is 0.0372. The van der Waals surface area contributed by atoms with Crippen LogP contribution in [-0.2, 0) is 27.3 Å². The molecule has 5 rings (SSSR count). The fraction of sp³-hybridized carbons (Fsp3) is 0.552. The number of nitrogens with zero attached hydrogens (tertiary/aromatic N) is 1. The van der Waals surface area contributed by atoms with Gasteiger partial charge in [-0.2, -0.15) is 0 Å². The molecule has 0 aliphatic heterocycles. The minimum Gasteiger partial charge on any atom is -0.508 e. The Kier molecular flexibility index (Phi) is 7.26. The van der Waals surface area contributed by atoms with Crippen LogP contribution in [0.5, 0.6) is 5.75 Å². The lowest BCUT2D eigenvalue weighted by molar-refractivity contribution is -0.153. The highest BCUT2D eigenvalue weighted by Crippen LogP contribution is 2.53. The van der Waals surface area contributed by atoms with E-state index < -0.39 is 63.9 Å². The normalized spacial score (nSPS) is 29.0. The van der Waals surface area contributed by atoms with Gasteiger partial charge in [-0.05, 0) is 64.2 Å². The van der Waals surface area contributed by atoms with Gasteiger partial charge in [-0.1, -0.05) is 19.3 Å². The summed E-state index contributed by atoms with van der Waals surface area (Å²) in [7, 11) is 3.05. The highest BCUT2D eigenvalue weighted by molar-refractivity contribution is 6.24. The van der Waals surface area contributed by atoms with Gasteiger partial charge in [0.1, 0.15) is 28.7 Å². The second-order valence-electron chi connectivity index (χ2n) is 11.8. The Hall–Kier alpha value is -3.28. The number of ketones is 2. The number of likely N-dealkylation sites (N-methyl/N-ethyl adjacent to an activating group) is 1. The molecule has 4 aliphatic carbocycles. The molecule has 1 aromatic carbocycles. The van der Waals surface area contributed by atoms with E-state index in [0.717, 1.165) is 12.8 Å². The zero-order valence-corrected chi connectivity index (χ0v) is 22.7. The molecule has 0 radical (unpaired) electrons. The molecule has 216 valence electrons. The van der Waals surface area contributed by atoms with Crippen LogP contribution >= 0.6 is 0 Å². The number of primary amides is 1. The van der Waals surface area contributed by atoms with Gasteiger partial charge in [0.2, 0.25) is 5.78 Å². The van der Waals surface area contributed by atoms with Crippen LogP contribution in [0, 0.1) is 23.6 Å². The number of aliphatic hydroxyl groups excluding tert-OH is 2. The summed E-state index contributed by atoms with van der Waals surface area (Å²) in [6.45, 7) is 0.858. The van der Waals surface area contributed by atoms with E-state index in [1.165, 1.54) is 44.3 Å². The van der Waals surface area contributed by atoms with Crippen molar-refractivity contribution in [1.82, 2.24) is 10.2 Å². The number of carbonyl (C=O) groups excluding carboxylic acids is 3. The van der Waals surface area contributed by atoms with Gasteiger partial charge in [0.25, 0.3) is 5.91 Å². The summed E-state index contributed by atoms with van der Waals surface area (Å²) < 4.78 is 15.4. The van der Waals surface area contributed by atoms with Crippen molar-refractivity contribution in [3.8, 4) is 5.75 Å². The molecule has 1 amide bonds. The number of hydrogen-bond acceptors (Lipinski definition) is 9. The summed E-state index contributed by atoms with van der Waals surface area (Å²) in [6.07, 6.45) is 5.61. The number of hydrogen-bond donors (Lipinski definition) is 6. The number of aliphatic hydroxyl groups is 3. The van der Waals surface area contributed by atoms with Crippen LogP contribution in [0.15, 0.2) is 23.0 Å². The summed E-state index contributed by atoms with van der Waals surface area (Å²) in [5.41, 5.74) is 1.46. The van der Waals surface area contributed by atoms with Crippen LogP contribution < -0.4 is 11.1 Å². The minimum absolute atomic E-state index is 0.0270. The maximum Gasteiger partial charge on any atom is 0.255 e. The second-order valence-corrected chi connectivity index (χ2v) is 11.8. The van der Waals surface area contributed by atoms with Crippen LogP contribution in [0.2, 0.25) is 0 Å². The Morgan fingerprint density at radius 2 is 1.85 bits per heavy atom. The fourth-order valence-electron chi connectivity index (χ4n) is 7.26. The summed E-state index contributed by atoms with van der Waals surface area (Å²) in [4.78, 5) is 40.5. The molecule has 0 aromatic heterocycles. The van der Waals surface area contributed by atoms with Crippen molar-refractivity contribution in [3.63, 3.8) is 0 Å². The van der Waals surface area contributed by atoms with Gasteiger partial charge < -0.3 is 31.5 Å². The number of phenols is 1. The third kappa shape index (κ3) is 4.22. The SMILES string of the molecule is CN(C)[C@@H]1C(=O)C(C(N)=O)=C(O)[C@@]2(O)C(=O)C3=C(O)c4c(O)c(CNCC5CCCCC5)cc(F)c4C[C@H]3C[C@@H]12. The molecule has 0 bridgehead atoms. The molecular formula is C29H36FN3O7. The number of aromatic hydroxyl groups is 1. The lowest BCUT2D eigenvalue weighted by atomic mass is 9.57. The predicted molar refractivity (Wildman–Crippen MR) is 142 cm³/mol. The van der Waals surface area contributed by atoms with Gasteiger partial charge in [0.15, 0.2) is 11.4 Å². The lowest BCUT2D eigenvalue weighted by Gasteiger charge is -2.50. The average molecular weight is 558 g/mol. The smallest absolute Gasteiger partial charge is 0.255 e. The zero-order valence-electron chi connectivity index (χ0n) is 22.7. The highest BCUT2D eigenvalue weighted by Gasteiger charge is 2.64. The van der Waals surface area contributed by atoms with Crippen LogP contribution in [0.4, 0.5) is 4.39 Å². The first-order chi connectivity index (χ1) is 18.9. The molecule has 10 nitrogen and oxygen atoms in total. The Morgan fingerprint density at radius 1 is 1.18 bits per heavy atom. The van der Waals surface area contributed by atoms with Crippen molar-refractivity contribution in [3.05, 3.63) is 45.5 Å². The third-order valence-corrected chi connectivity index (χ3v) is 9.22. The number of carbonyl (C=O) groups is 3. The maximum atomic E-state index is 15.4. The van der Waals surface area contributed by atoms with Gasteiger partial charge >= 0.3 is 0 Å². The number of halogens is 1. The zero-order chi connectivity index (χ0) is 29.1.